The van der Waals surface area contributed by atoms with Crippen LogP contribution in [0.25, 0.3) is 0 Å². The van der Waals surface area contributed by atoms with Gasteiger partial charge >= 0.3 is 0 Å². The Balaban J connectivity index is 1.99. The fraction of sp³-hybridized carbons (Fsp3) is 0.333. The summed E-state index contributed by atoms with van der Waals surface area (Å²) in [5, 5.41) is 3.28. The number of nitrogens with zero attached hydrogens (tertiary/aromatic N) is 2. The van der Waals surface area contributed by atoms with Crippen molar-refractivity contribution in [1.29, 1.82) is 0 Å². The van der Waals surface area contributed by atoms with Gasteiger partial charge in [0, 0.05) is 18.1 Å². The number of carbonyl (C=O) groups excluding carboxylic acids is 2. The van der Waals surface area contributed by atoms with Gasteiger partial charge in [-0.2, -0.15) is 0 Å². The summed E-state index contributed by atoms with van der Waals surface area (Å²) in [5.41, 5.74) is 1.84. The highest BCUT2D eigenvalue weighted by Gasteiger charge is 2.33. The van der Waals surface area contributed by atoms with Crippen LogP contribution in [0.4, 0.5) is 5.69 Å². The molecule has 0 radical (unpaired) electrons. The zero-order valence-electron chi connectivity index (χ0n) is 22.8. The number of hydrogen-bond donors (Lipinski definition) is 1. The molecular weight excluding hydrogens is 534 g/mol. The molecule has 3 aromatic rings. The van der Waals surface area contributed by atoms with E-state index in [-0.39, 0.29) is 23.3 Å². The molecule has 0 heterocycles. The summed E-state index contributed by atoms with van der Waals surface area (Å²) in [6.07, 6.45) is 0.510. The van der Waals surface area contributed by atoms with Crippen molar-refractivity contribution < 1.29 is 18.0 Å². The maximum Gasteiger partial charge on any atom is 0.264 e. The van der Waals surface area contributed by atoms with Crippen molar-refractivity contribution in [2.24, 2.45) is 5.92 Å². The molecule has 0 aromatic heterocycles. The fourth-order valence-corrected chi connectivity index (χ4v) is 5.78. The molecule has 0 fully saturated rings. The Morgan fingerprint density at radius 3 is 2.13 bits per heavy atom. The van der Waals surface area contributed by atoms with Crippen LogP contribution in [0.3, 0.4) is 0 Å². The molecule has 0 unspecified atom stereocenters. The van der Waals surface area contributed by atoms with Crippen LogP contribution in [0.1, 0.15) is 31.9 Å². The van der Waals surface area contributed by atoms with Gasteiger partial charge in [-0.1, -0.05) is 80.0 Å². The summed E-state index contributed by atoms with van der Waals surface area (Å²) < 4.78 is 28.8. The molecular formula is C30H36ClN3O4S. The minimum atomic E-state index is -4.13. The van der Waals surface area contributed by atoms with E-state index >= 15 is 0 Å². The largest absolute Gasteiger partial charge is 0.354 e. The zero-order valence-corrected chi connectivity index (χ0v) is 24.4. The maximum absolute atomic E-state index is 13.9. The number of rotatable bonds is 12. The number of anilines is 1. The Labute approximate surface area is 236 Å². The van der Waals surface area contributed by atoms with Crippen molar-refractivity contribution in [3.8, 4) is 0 Å². The van der Waals surface area contributed by atoms with Gasteiger partial charge in [-0.15, -0.1) is 0 Å². The molecule has 2 amide bonds. The Hall–Kier alpha value is -3.36. The molecule has 0 aliphatic rings. The van der Waals surface area contributed by atoms with Crippen molar-refractivity contribution in [2.75, 3.05) is 23.9 Å². The van der Waals surface area contributed by atoms with Gasteiger partial charge in [-0.05, 0) is 61.6 Å². The topological polar surface area (TPSA) is 86.8 Å². The molecule has 0 aliphatic carbocycles. The highest BCUT2D eigenvalue weighted by Crippen LogP contribution is 2.31. The standard InChI is InChI=1S/C30H36ClN3O4S/c1-22(2)20-32-30(36)24(4)33(19-18-25-12-7-5-8-13-25)29(35)21-34(28-17-11-16-27(31)23(28)3)39(37,38)26-14-9-6-10-15-26/h5-17,22,24H,18-21H2,1-4H3,(H,32,36)/t24-/m0/s1. The van der Waals surface area contributed by atoms with E-state index in [4.69, 9.17) is 11.6 Å². The summed E-state index contributed by atoms with van der Waals surface area (Å²) in [4.78, 5) is 28.4. The van der Waals surface area contributed by atoms with Gasteiger partial charge in [-0.25, -0.2) is 8.42 Å². The number of nitrogens with one attached hydrogen (secondary N) is 1. The van der Waals surface area contributed by atoms with Crippen molar-refractivity contribution >= 4 is 39.1 Å². The number of halogens is 1. The van der Waals surface area contributed by atoms with E-state index in [1.54, 1.807) is 50.2 Å². The summed E-state index contributed by atoms with van der Waals surface area (Å²) in [6.45, 7) is 7.58. The van der Waals surface area contributed by atoms with Gasteiger partial charge in [-0.3, -0.25) is 13.9 Å². The first-order valence-corrected chi connectivity index (χ1v) is 14.8. The van der Waals surface area contributed by atoms with E-state index in [2.05, 4.69) is 5.32 Å². The lowest BCUT2D eigenvalue weighted by molar-refractivity contribution is -0.138. The fourth-order valence-electron chi connectivity index (χ4n) is 4.12. The number of hydrogen-bond acceptors (Lipinski definition) is 4. The molecule has 1 N–H and O–H groups in total. The minimum absolute atomic E-state index is 0.0516. The molecule has 0 saturated heterocycles. The molecule has 9 heteroatoms. The van der Waals surface area contributed by atoms with Crippen molar-refractivity contribution in [1.82, 2.24) is 10.2 Å². The third kappa shape index (κ3) is 7.83. The molecule has 39 heavy (non-hydrogen) atoms. The Morgan fingerprint density at radius 2 is 1.51 bits per heavy atom. The molecule has 3 rings (SSSR count). The van der Waals surface area contributed by atoms with Crippen LogP contribution in [0.2, 0.25) is 5.02 Å². The number of sulfonamides is 1. The third-order valence-electron chi connectivity index (χ3n) is 6.45. The lowest BCUT2D eigenvalue weighted by Crippen LogP contribution is -2.52. The normalized spacial score (nSPS) is 12.2. The SMILES string of the molecule is Cc1c(Cl)cccc1N(CC(=O)N(CCc1ccccc1)[C@@H](C)C(=O)NCC(C)C)S(=O)(=O)c1ccccc1. The summed E-state index contributed by atoms with van der Waals surface area (Å²) in [7, 11) is -4.13. The average Bonchev–Trinajstić information content (AvgIpc) is 2.93. The average molecular weight is 570 g/mol. The van der Waals surface area contributed by atoms with E-state index in [1.807, 2.05) is 44.2 Å². The highest BCUT2D eigenvalue weighted by atomic mass is 35.5. The second-order valence-electron chi connectivity index (χ2n) is 9.85. The van der Waals surface area contributed by atoms with Gasteiger partial charge in [0.05, 0.1) is 10.6 Å². The van der Waals surface area contributed by atoms with Gasteiger partial charge in [0.15, 0.2) is 0 Å². The van der Waals surface area contributed by atoms with Crippen molar-refractivity contribution in [3.63, 3.8) is 0 Å². The van der Waals surface area contributed by atoms with Crippen LogP contribution in [0, 0.1) is 12.8 Å². The highest BCUT2D eigenvalue weighted by molar-refractivity contribution is 7.92. The van der Waals surface area contributed by atoms with Crippen molar-refractivity contribution in [2.45, 2.75) is 45.1 Å². The predicted octanol–water partition coefficient (Wildman–Crippen LogP) is 5.08. The lowest BCUT2D eigenvalue weighted by atomic mass is 10.1. The molecule has 7 nitrogen and oxygen atoms in total. The van der Waals surface area contributed by atoms with E-state index in [0.29, 0.717) is 29.2 Å². The van der Waals surface area contributed by atoms with Crippen LogP contribution in [-0.2, 0) is 26.0 Å². The van der Waals surface area contributed by atoms with Crippen LogP contribution in [-0.4, -0.2) is 50.8 Å². The second kappa shape index (κ2) is 13.6. The molecule has 0 aliphatic heterocycles. The minimum Gasteiger partial charge on any atom is -0.354 e. The smallest absolute Gasteiger partial charge is 0.264 e. The lowest BCUT2D eigenvalue weighted by Gasteiger charge is -2.32. The van der Waals surface area contributed by atoms with Gasteiger partial charge in [0.1, 0.15) is 12.6 Å². The second-order valence-corrected chi connectivity index (χ2v) is 12.1. The van der Waals surface area contributed by atoms with Crippen LogP contribution >= 0.6 is 11.6 Å². The molecule has 208 valence electrons. The Kier molecular flexibility index (Phi) is 10.5. The third-order valence-corrected chi connectivity index (χ3v) is 8.64. The quantitative estimate of drug-likeness (QED) is 0.330. The summed E-state index contributed by atoms with van der Waals surface area (Å²) in [6, 6.07) is 21.7. The monoisotopic (exact) mass is 569 g/mol. The maximum atomic E-state index is 13.9. The molecule has 3 aromatic carbocycles. The van der Waals surface area contributed by atoms with E-state index in [9.17, 15) is 18.0 Å². The zero-order chi connectivity index (χ0) is 28.6. The van der Waals surface area contributed by atoms with Gasteiger partial charge in [0.2, 0.25) is 11.8 Å². The number of benzene rings is 3. The molecule has 0 saturated carbocycles. The summed E-state index contributed by atoms with van der Waals surface area (Å²) >= 11 is 6.35. The molecule has 1 atom stereocenters. The first kappa shape index (κ1) is 30.2. The van der Waals surface area contributed by atoms with E-state index in [0.717, 1.165) is 9.87 Å². The predicted molar refractivity (Wildman–Crippen MR) is 156 cm³/mol. The van der Waals surface area contributed by atoms with Crippen LogP contribution < -0.4 is 9.62 Å². The van der Waals surface area contributed by atoms with Crippen LogP contribution in [0.15, 0.2) is 83.8 Å². The van der Waals surface area contributed by atoms with Gasteiger partial charge in [0.25, 0.3) is 10.0 Å². The van der Waals surface area contributed by atoms with E-state index in [1.165, 1.54) is 17.0 Å². The Bertz CT molecular complexity index is 1370. The number of carbonyl (C=O) groups is 2. The first-order valence-electron chi connectivity index (χ1n) is 13.0. The molecule has 0 bridgehead atoms. The van der Waals surface area contributed by atoms with Gasteiger partial charge < -0.3 is 10.2 Å². The van der Waals surface area contributed by atoms with Crippen molar-refractivity contribution in [3.05, 3.63) is 95.0 Å². The van der Waals surface area contributed by atoms with E-state index < -0.39 is 28.5 Å². The Morgan fingerprint density at radius 1 is 0.897 bits per heavy atom. The van der Waals surface area contributed by atoms with Crippen LogP contribution in [0.5, 0.6) is 0 Å². The number of amides is 2. The summed E-state index contributed by atoms with van der Waals surface area (Å²) in [5.74, 6) is -0.537. The molecule has 0 spiro atoms. The first-order chi connectivity index (χ1) is 18.5.